The molecule has 0 fully saturated rings. The number of carbonyl (C=O) groups is 1. The number of hydrogen-bond acceptors (Lipinski definition) is 6. The van der Waals surface area contributed by atoms with E-state index in [1.165, 1.54) is 18.3 Å². The normalized spacial score (nSPS) is 11.3. The monoisotopic (exact) mass is 549 g/mol. The van der Waals surface area contributed by atoms with Gasteiger partial charge in [0, 0.05) is 10.0 Å². The van der Waals surface area contributed by atoms with E-state index in [0.29, 0.717) is 46.0 Å². The van der Waals surface area contributed by atoms with Crippen molar-refractivity contribution in [3.63, 3.8) is 0 Å². The minimum Gasteiger partial charge on any atom is -0.490 e. The summed E-state index contributed by atoms with van der Waals surface area (Å²) in [6.45, 7) is 2.15. The lowest BCUT2D eigenvalue weighted by Gasteiger charge is -2.21. The van der Waals surface area contributed by atoms with Crippen LogP contribution in [-0.4, -0.2) is 39.9 Å². The van der Waals surface area contributed by atoms with E-state index in [4.69, 9.17) is 32.7 Å². The van der Waals surface area contributed by atoms with Crippen LogP contribution in [0, 0.1) is 0 Å². The molecule has 0 bridgehead atoms. The second-order valence-electron chi connectivity index (χ2n) is 7.60. The number of amides is 1. The number of benzene rings is 3. The van der Waals surface area contributed by atoms with Crippen LogP contribution in [0.2, 0.25) is 10.0 Å². The Kier molecular flexibility index (Phi) is 9.58. The van der Waals surface area contributed by atoms with E-state index in [1.54, 1.807) is 36.4 Å². The van der Waals surface area contributed by atoms with Gasteiger partial charge in [-0.2, -0.15) is 5.10 Å². The molecule has 0 spiro atoms. The van der Waals surface area contributed by atoms with Gasteiger partial charge in [0.15, 0.2) is 11.5 Å². The van der Waals surface area contributed by atoms with Gasteiger partial charge in [-0.05, 0) is 72.6 Å². The largest absolute Gasteiger partial charge is 0.490 e. The molecule has 0 aromatic heterocycles. The second kappa shape index (κ2) is 12.6. The van der Waals surface area contributed by atoms with Crippen LogP contribution in [0.25, 0.3) is 0 Å². The summed E-state index contributed by atoms with van der Waals surface area (Å²) in [7, 11) is -3.71. The number of sulfonamides is 1. The van der Waals surface area contributed by atoms with E-state index in [-0.39, 0.29) is 0 Å². The molecular formula is C25H25Cl2N3O5S. The number of nitrogens with one attached hydrogen (secondary N) is 1. The average molecular weight is 550 g/mol. The number of hydrazone groups is 1. The highest BCUT2D eigenvalue weighted by Gasteiger charge is 2.20. The summed E-state index contributed by atoms with van der Waals surface area (Å²) in [4.78, 5) is 12.4. The van der Waals surface area contributed by atoms with Crippen molar-refractivity contribution in [1.29, 1.82) is 0 Å². The molecule has 0 unspecified atom stereocenters. The number of nitrogens with zero attached hydrogens (tertiary/aromatic N) is 2. The van der Waals surface area contributed by atoms with Crippen LogP contribution >= 0.6 is 23.2 Å². The van der Waals surface area contributed by atoms with Crippen LogP contribution in [0.5, 0.6) is 11.5 Å². The molecule has 11 heteroatoms. The minimum absolute atomic E-state index is 0.314. The highest BCUT2D eigenvalue weighted by Crippen LogP contribution is 2.29. The fourth-order valence-electron chi connectivity index (χ4n) is 3.13. The number of anilines is 1. The van der Waals surface area contributed by atoms with Crippen molar-refractivity contribution in [3.05, 3.63) is 87.9 Å². The minimum atomic E-state index is -3.71. The summed E-state index contributed by atoms with van der Waals surface area (Å²) in [6.07, 6.45) is 2.44. The van der Waals surface area contributed by atoms with Gasteiger partial charge in [-0.3, -0.25) is 9.10 Å². The van der Waals surface area contributed by atoms with Crippen LogP contribution in [-0.2, 0) is 21.4 Å². The van der Waals surface area contributed by atoms with Gasteiger partial charge in [-0.15, -0.1) is 0 Å². The summed E-state index contributed by atoms with van der Waals surface area (Å²) in [6, 6.07) is 18.7. The third-order valence-electron chi connectivity index (χ3n) is 4.76. The smallest absolute Gasteiger partial charge is 0.260 e. The zero-order chi connectivity index (χ0) is 26.1. The standard InChI is InChI=1S/C25H25Cl2N3O5S/c1-3-34-24-14-18(7-12-23(24)35-17-19-5-4-6-21(27)13-19)15-28-29-25(31)16-30(36(2,32)33)22-10-8-20(26)9-11-22/h4-15H,3,16-17H2,1-2H3,(H,29,31)/b28-15-. The quantitative estimate of drug-likeness (QED) is 0.271. The molecule has 0 radical (unpaired) electrons. The summed E-state index contributed by atoms with van der Waals surface area (Å²) < 4.78 is 36.9. The Balaban J connectivity index is 1.65. The lowest BCUT2D eigenvalue weighted by molar-refractivity contribution is -0.119. The summed E-state index contributed by atoms with van der Waals surface area (Å²) >= 11 is 11.9. The number of hydrogen-bond donors (Lipinski definition) is 1. The van der Waals surface area contributed by atoms with Crippen molar-refractivity contribution in [3.8, 4) is 11.5 Å². The lowest BCUT2D eigenvalue weighted by atomic mass is 10.2. The fourth-order valence-corrected chi connectivity index (χ4v) is 4.33. The second-order valence-corrected chi connectivity index (χ2v) is 10.4. The molecule has 3 aromatic rings. The van der Waals surface area contributed by atoms with E-state index in [9.17, 15) is 13.2 Å². The maximum absolute atomic E-state index is 12.4. The number of ether oxygens (including phenoxy) is 2. The fraction of sp³-hybridized carbons (Fsp3) is 0.200. The third kappa shape index (κ3) is 8.15. The zero-order valence-corrected chi connectivity index (χ0v) is 22.0. The molecule has 0 saturated carbocycles. The van der Waals surface area contributed by atoms with Gasteiger partial charge in [0.2, 0.25) is 10.0 Å². The van der Waals surface area contributed by atoms with Crippen molar-refractivity contribution >= 4 is 51.0 Å². The molecule has 0 heterocycles. The predicted octanol–water partition coefficient (Wildman–Crippen LogP) is 4.89. The Bertz CT molecular complexity index is 1330. The van der Waals surface area contributed by atoms with Crippen molar-refractivity contribution < 1.29 is 22.7 Å². The van der Waals surface area contributed by atoms with E-state index < -0.39 is 22.5 Å². The van der Waals surface area contributed by atoms with Gasteiger partial charge in [0.1, 0.15) is 13.2 Å². The van der Waals surface area contributed by atoms with Crippen LogP contribution in [0.15, 0.2) is 71.8 Å². The molecule has 0 aliphatic carbocycles. The molecule has 8 nitrogen and oxygen atoms in total. The molecule has 0 saturated heterocycles. The highest BCUT2D eigenvalue weighted by molar-refractivity contribution is 7.92. The molecule has 3 rings (SSSR count). The Labute approximate surface area is 220 Å². The van der Waals surface area contributed by atoms with E-state index >= 15 is 0 Å². The maximum Gasteiger partial charge on any atom is 0.260 e. The van der Waals surface area contributed by atoms with Gasteiger partial charge >= 0.3 is 0 Å². The predicted molar refractivity (Wildman–Crippen MR) is 143 cm³/mol. The van der Waals surface area contributed by atoms with Crippen molar-refractivity contribution in [2.45, 2.75) is 13.5 Å². The Morgan fingerprint density at radius 3 is 2.42 bits per heavy atom. The first-order valence-corrected chi connectivity index (χ1v) is 13.5. The van der Waals surface area contributed by atoms with Crippen LogP contribution in [0.1, 0.15) is 18.1 Å². The maximum atomic E-state index is 12.4. The Morgan fingerprint density at radius 2 is 1.75 bits per heavy atom. The molecular weight excluding hydrogens is 525 g/mol. The molecule has 0 aliphatic rings. The molecule has 0 atom stereocenters. The van der Waals surface area contributed by atoms with Crippen LogP contribution in [0.3, 0.4) is 0 Å². The molecule has 190 valence electrons. The molecule has 36 heavy (non-hydrogen) atoms. The van der Waals surface area contributed by atoms with E-state index in [0.717, 1.165) is 16.1 Å². The SMILES string of the molecule is CCOc1cc(/C=N\NC(=O)CN(c2ccc(Cl)cc2)S(C)(=O)=O)ccc1OCc1cccc(Cl)c1. The van der Waals surface area contributed by atoms with Crippen molar-refractivity contribution in [2.24, 2.45) is 5.10 Å². The lowest BCUT2D eigenvalue weighted by Crippen LogP contribution is -2.38. The summed E-state index contributed by atoms with van der Waals surface area (Å²) in [5, 5.41) is 5.02. The summed E-state index contributed by atoms with van der Waals surface area (Å²) in [5.74, 6) is 0.448. The Morgan fingerprint density at radius 1 is 1.00 bits per heavy atom. The number of halogens is 2. The van der Waals surface area contributed by atoms with Gasteiger partial charge < -0.3 is 9.47 Å². The average Bonchev–Trinajstić information content (AvgIpc) is 2.82. The highest BCUT2D eigenvalue weighted by atomic mass is 35.5. The number of rotatable bonds is 11. The van der Waals surface area contributed by atoms with Gasteiger partial charge in [-0.25, -0.2) is 13.8 Å². The van der Waals surface area contributed by atoms with Gasteiger partial charge in [-0.1, -0.05) is 35.3 Å². The van der Waals surface area contributed by atoms with Gasteiger partial charge in [0.05, 0.1) is 24.8 Å². The van der Waals surface area contributed by atoms with E-state index in [1.807, 2.05) is 25.1 Å². The molecule has 1 N–H and O–H groups in total. The topological polar surface area (TPSA) is 97.3 Å². The third-order valence-corrected chi connectivity index (χ3v) is 6.38. The Hall–Kier alpha value is -3.27. The van der Waals surface area contributed by atoms with Crippen molar-refractivity contribution in [2.75, 3.05) is 23.7 Å². The number of carbonyl (C=O) groups excluding carboxylic acids is 1. The summed E-state index contributed by atoms with van der Waals surface area (Å²) in [5.41, 5.74) is 4.22. The van der Waals surface area contributed by atoms with Crippen LogP contribution < -0.4 is 19.2 Å². The molecule has 1 amide bonds. The molecule has 0 aliphatic heterocycles. The van der Waals surface area contributed by atoms with Crippen LogP contribution in [0.4, 0.5) is 5.69 Å². The van der Waals surface area contributed by atoms with E-state index in [2.05, 4.69) is 10.5 Å². The molecule has 3 aromatic carbocycles. The van der Waals surface area contributed by atoms with Crippen molar-refractivity contribution in [1.82, 2.24) is 5.43 Å². The first-order chi connectivity index (χ1) is 17.2. The first-order valence-electron chi connectivity index (χ1n) is 10.8. The van der Waals surface area contributed by atoms with Gasteiger partial charge in [0.25, 0.3) is 5.91 Å². The first kappa shape index (κ1) is 27.3. The zero-order valence-electron chi connectivity index (χ0n) is 19.6.